The first-order valence-corrected chi connectivity index (χ1v) is 9.30. The highest BCUT2D eigenvalue weighted by Gasteiger charge is 2.21. The monoisotopic (exact) mass is 421 g/mol. The molecule has 0 bridgehead atoms. The lowest BCUT2D eigenvalue weighted by molar-refractivity contribution is 0.0981. The van der Waals surface area contributed by atoms with Crippen LogP contribution in [0.3, 0.4) is 0 Å². The maximum Gasteiger partial charge on any atom is 0.260 e. The van der Waals surface area contributed by atoms with E-state index in [1.165, 1.54) is 30.4 Å². The van der Waals surface area contributed by atoms with E-state index in [0.717, 1.165) is 0 Å². The number of thiazole rings is 1. The second kappa shape index (κ2) is 9.23. The Morgan fingerprint density at radius 3 is 2.29 bits per heavy atom. The molecule has 1 heterocycles. The molecule has 3 rings (SSSR count). The minimum absolute atomic E-state index is 0. The number of aromatic nitrogens is 1. The van der Waals surface area contributed by atoms with Crippen LogP contribution in [-0.2, 0) is 0 Å². The minimum atomic E-state index is -0.330. The molecule has 0 radical (unpaired) electrons. The Kier molecular flexibility index (Phi) is 7.23. The second-order valence-electron chi connectivity index (χ2n) is 6.50. The van der Waals surface area contributed by atoms with Gasteiger partial charge in [0.2, 0.25) is 0 Å². The van der Waals surface area contributed by atoms with Crippen LogP contribution in [-0.4, -0.2) is 48.8 Å². The van der Waals surface area contributed by atoms with Crippen LogP contribution in [0.1, 0.15) is 27.6 Å². The quantitative estimate of drug-likeness (QED) is 0.558. The van der Waals surface area contributed by atoms with Crippen molar-refractivity contribution in [1.29, 1.82) is 0 Å². The SMILES string of the molecule is CC(=O)c1ccc(C(=O)N(CCN(C)C)c2nc3ccc(F)cc3s2)cc1.Cl. The molecule has 0 aliphatic heterocycles. The van der Waals surface area contributed by atoms with Gasteiger partial charge in [-0.05, 0) is 51.4 Å². The Hall–Kier alpha value is -2.35. The fraction of sp³-hybridized carbons (Fsp3) is 0.250. The van der Waals surface area contributed by atoms with E-state index in [1.807, 2.05) is 19.0 Å². The number of Topliss-reactive ketones (excluding diaryl/α,β-unsaturated/α-hetero) is 1. The minimum Gasteiger partial charge on any atom is -0.308 e. The Labute approximate surface area is 173 Å². The highest BCUT2D eigenvalue weighted by molar-refractivity contribution is 7.22. The Balaban J connectivity index is 0.00000280. The summed E-state index contributed by atoms with van der Waals surface area (Å²) in [4.78, 5) is 32.6. The molecular weight excluding hydrogens is 401 g/mol. The number of nitrogens with zero attached hydrogens (tertiary/aromatic N) is 3. The van der Waals surface area contributed by atoms with Crippen molar-refractivity contribution in [3.8, 4) is 0 Å². The van der Waals surface area contributed by atoms with E-state index in [1.54, 1.807) is 35.2 Å². The van der Waals surface area contributed by atoms with Crippen molar-refractivity contribution in [2.45, 2.75) is 6.92 Å². The molecule has 0 fully saturated rings. The number of rotatable bonds is 6. The summed E-state index contributed by atoms with van der Waals surface area (Å²) in [6.45, 7) is 2.59. The molecule has 148 valence electrons. The standard InChI is InChI=1S/C20H20FN3O2S.ClH/c1-13(25)14-4-6-15(7-5-14)19(26)24(11-10-23(2)3)20-22-17-9-8-16(21)12-18(17)27-20;/h4-9,12H,10-11H2,1-3H3;1H. The van der Waals surface area contributed by atoms with Crippen molar-refractivity contribution in [2.75, 3.05) is 32.1 Å². The number of carbonyl (C=O) groups is 2. The predicted molar refractivity (Wildman–Crippen MR) is 114 cm³/mol. The average Bonchev–Trinajstić information content (AvgIpc) is 3.04. The molecule has 0 N–H and O–H groups in total. The van der Waals surface area contributed by atoms with Gasteiger partial charge in [-0.1, -0.05) is 23.5 Å². The van der Waals surface area contributed by atoms with Gasteiger partial charge < -0.3 is 4.90 Å². The predicted octanol–water partition coefficient (Wildman–Crippen LogP) is 4.27. The Bertz CT molecular complexity index is 989. The van der Waals surface area contributed by atoms with Crippen molar-refractivity contribution in [3.05, 3.63) is 59.4 Å². The molecule has 0 aliphatic rings. The summed E-state index contributed by atoms with van der Waals surface area (Å²) in [6.07, 6.45) is 0. The van der Waals surface area contributed by atoms with E-state index in [-0.39, 0.29) is 29.9 Å². The van der Waals surface area contributed by atoms with Crippen LogP contribution in [0.5, 0.6) is 0 Å². The van der Waals surface area contributed by atoms with Gasteiger partial charge in [-0.2, -0.15) is 0 Å². The number of likely N-dealkylation sites (N-methyl/N-ethyl adjacent to an activating group) is 1. The molecule has 0 saturated carbocycles. The van der Waals surface area contributed by atoms with Crippen molar-refractivity contribution in [3.63, 3.8) is 0 Å². The largest absolute Gasteiger partial charge is 0.308 e. The molecule has 5 nitrogen and oxygen atoms in total. The molecule has 0 atom stereocenters. The lowest BCUT2D eigenvalue weighted by Gasteiger charge is -2.22. The van der Waals surface area contributed by atoms with Gasteiger partial charge in [0.15, 0.2) is 10.9 Å². The summed E-state index contributed by atoms with van der Waals surface area (Å²) in [7, 11) is 3.86. The van der Waals surface area contributed by atoms with Gasteiger partial charge in [0.25, 0.3) is 5.91 Å². The maximum absolute atomic E-state index is 13.5. The smallest absolute Gasteiger partial charge is 0.260 e. The summed E-state index contributed by atoms with van der Waals surface area (Å²) in [6, 6.07) is 11.0. The fourth-order valence-electron chi connectivity index (χ4n) is 2.59. The third-order valence-corrected chi connectivity index (χ3v) is 5.17. The number of halogens is 2. The van der Waals surface area contributed by atoms with Crippen molar-refractivity contribution >= 4 is 50.8 Å². The number of carbonyl (C=O) groups excluding carboxylic acids is 2. The van der Waals surface area contributed by atoms with Crippen LogP contribution >= 0.6 is 23.7 Å². The molecular formula is C20H21ClFN3O2S. The van der Waals surface area contributed by atoms with Crippen molar-refractivity contribution in [1.82, 2.24) is 9.88 Å². The lowest BCUT2D eigenvalue weighted by atomic mass is 10.1. The first-order chi connectivity index (χ1) is 12.8. The average molecular weight is 422 g/mol. The third-order valence-electron chi connectivity index (χ3n) is 4.12. The van der Waals surface area contributed by atoms with Crippen molar-refractivity contribution < 1.29 is 14.0 Å². The summed E-state index contributed by atoms with van der Waals surface area (Å²) < 4.78 is 14.2. The van der Waals surface area contributed by atoms with Gasteiger partial charge in [-0.3, -0.25) is 14.5 Å². The first kappa shape index (κ1) is 21.9. The number of amides is 1. The van der Waals surface area contributed by atoms with E-state index in [2.05, 4.69) is 4.98 Å². The number of ketones is 1. The van der Waals surface area contributed by atoms with Gasteiger partial charge in [0.05, 0.1) is 10.2 Å². The molecule has 0 unspecified atom stereocenters. The van der Waals surface area contributed by atoms with Crippen LogP contribution in [0.4, 0.5) is 9.52 Å². The first-order valence-electron chi connectivity index (χ1n) is 8.49. The number of hydrogen-bond donors (Lipinski definition) is 0. The zero-order chi connectivity index (χ0) is 19.6. The highest BCUT2D eigenvalue weighted by Crippen LogP contribution is 2.30. The number of anilines is 1. The van der Waals surface area contributed by atoms with Crippen LogP contribution in [0, 0.1) is 5.82 Å². The zero-order valence-electron chi connectivity index (χ0n) is 15.8. The van der Waals surface area contributed by atoms with E-state index in [0.29, 0.717) is 39.6 Å². The topological polar surface area (TPSA) is 53.5 Å². The maximum atomic E-state index is 13.5. The van der Waals surface area contributed by atoms with Crippen molar-refractivity contribution in [2.24, 2.45) is 0 Å². The number of hydrogen-bond acceptors (Lipinski definition) is 5. The van der Waals surface area contributed by atoms with Gasteiger partial charge in [-0.15, -0.1) is 12.4 Å². The molecule has 1 amide bonds. The van der Waals surface area contributed by atoms with E-state index in [4.69, 9.17) is 0 Å². The highest BCUT2D eigenvalue weighted by atomic mass is 35.5. The number of benzene rings is 2. The fourth-order valence-corrected chi connectivity index (χ4v) is 3.60. The molecule has 2 aromatic carbocycles. The van der Waals surface area contributed by atoms with Crippen LogP contribution < -0.4 is 4.90 Å². The van der Waals surface area contributed by atoms with Crippen LogP contribution in [0.25, 0.3) is 10.2 Å². The van der Waals surface area contributed by atoms with Gasteiger partial charge in [0, 0.05) is 24.2 Å². The Morgan fingerprint density at radius 1 is 1.04 bits per heavy atom. The summed E-state index contributed by atoms with van der Waals surface area (Å²) in [5, 5.41) is 0.526. The van der Waals surface area contributed by atoms with Gasteiger partial charge in [-0.25, -0.2) is 9.37 Å². The normalized spacial score (nSPS) is 10.8. The van der Waals surface area contributed by atoms with E-state index < -0.39 is 0 Å². The third kappa shape index (κ3) is 4.92. The lowest BCUT2D eigenvalue weighted by Crippen LogP contribution is -2.36. The summed E-state index contributed by atoms with van der Waals surface area (Å²) in [5.74, 6) is -0.582. The zero-order valence-corrected chi connectivity index (χ0v) is 17.4. The van der Waals surface area contributed by atoms with Gasteiger partial charge >= 0.3 is 0 Å². The summed E-state index contributed by atoms with van der Waals surface area (Å²) in [5.41, 5.74) is 1.69. The Morgan fingerprint density at radius 2 is 1.68 bits per heavy atom. The number of fused-ring (bicyclic) bond motifs is 1. The molecule has 8 heteroatoms. The van der Waals surface area contributed by atoms with Crippen LogP contribution in [0.2, 0.25) is 0 Å². The van der Waals surface area contributed by atoms with Gasteiger partial charge in [0.1, 0.15) is 5.82 Å². The van der Waals surface area contributed by atoms with E-state index >= 15 is 0 Å². The molecule has 1 aromatic heterocycles. The van der Waals surface area contributed by atoms with E-state index in [9.17, 15) is 14.0 Å². The molecule has 0 saturated heterocycles. The second-order valence-corrected chi connectivity index (χ2v) is 7.51. The molecule has 0 aliphatic carbocycles. The molecule has 3 aromatic rings. The summed E-state index contributed by atoms with van der Waals surface area (Å²) >= 11 is 1.28. The molecule has 28 heavy (non-hydrogen) atoms. The molecule has 0 spiro atoms. The van der Waals surface area contributed by atoms with Crippen LogP contribution in [0.15, 0.2) is 42.5 Å².